The summed E-state index contributed by atoms with van der Waals surface area (Å²) in [6.45, 7) is 33.6. The third-order valence-electron chi connectivity index (χ3n) is 16.9. The number of fused-ring (bicyclic) bond motifs is 3. The first-order valence-corrected chi connectivity index (χ1v) is 47.4. The van der Waals surface area contributed by atoms with E-state index >= 15 is 0 Å². The van der Waals surface area contributed by atoms with Gasteiger partial charge in [-0.05, 0) is 119 Å². The number of rotatable bonds is 45. The number of aliphatic imine (C=N–C) groups is 1. The van der Waals surface area contributed by atoms with Crippen LogP contribution in [0.25, 0.3) is 11.1 Å². The smallest absolute Gasteiger partial charge is 0.408 e. The van der Waals surface area contributed by atoms with Gasteiger partial charge in [0.05, 0.1) is 32.6 Å². The molecule has 22 nitrogen and oxygen atoms in total. The van der Waals surface area contributed by atoms with E-state index in [1.807, 2.05) is 56.3 Å². The Labute approximate surface area is 642 Å². The molecule has 106 heavy (non-hydrogen) atoms. The van der Waals surface area contributed by atoms with Crippen LogP contribution in [0.5, 0.6) is 0 Å². The highest BCUT2D eigenvalue weighted by molar-refractivity contribution is 8.13. The highest BCUT2D eigenvalue weighted by Crippen LogP contribution is 2.44. The number of unbranched alkanes of at least 4 members (excludes halogenated alkanes) is 8. The van der Waals surface area contributed by atoms with Crippen molar-refractivity contribution < 1.29 is 81.1 Å². The molecule has 0 saturated heterocycles. The zero-order chi connectivity index (χ0) is 79.0. The SMILES string of the molecule is C/C=C(\NC(=O)C1N=C(CNC(=O)OC(C)(C)C)O[C@@H]1C)C(=O)N[C@H](C(=O)O[C@H](/C=C/CCSC(=O)CCCCCCC)CC(=O)OCC[Si](C)(C)C)C(C)C.CCCCCCCC(=O)SCC/C=C/[C@H](CC(=O)OCC[Si](C)(C)C)OC(=O)[C@@H](NC(=O)OCC1c2ccccc2-c2ccccc21)C(C)C. The van der Waals surface area contributed by atoms with E-state index in [4.69, 9.17) is 33.2 Å². The number of carbonyl (C=O) groups is 10. The first-order chi connectivity index (χ1) is 50.0. The summed E-state index contributed by atoms with van der Waals surface area (Å²) in [5.74, 6) is -3.32. The molecule has 26 heteroatoms. The van der Waals surface area contributed by atoms with Crippen LogP contribution >= 0.6 is 23.5 Å². The minimum Gasteiger partial charge on any atom is -0.474 e. The van der Waals surface area contributed by atoms with Gasteiger partial charge < -0.3 is 54.4 Å². The topological polar surface area (TPSA) is 296 Å². The fraction of sp³-hybridized carbons (Fsp3) is 0.637. The summed E-state index contributed by atoms with van der Waals surface area (Å²) in [6.07, 6.45) is 17.2. The van der Waals surface area contributed by atoms with E-state index in [9.17, 15) is 47.9 Å². The number of hydrogen-bond acceptors (Lipinski definition) is 20. The third kappa shape index (κ3) is 38.7. The quantitative estimate of drug-likeness (QED) is 0.0120. The van der Waals surface area contributed by atoms with Crippen molar-refractivity contribution >= 4 is 104 Å². The first kappa shape index (κ1) is 93.2. The lowest BCUT2D eigenvalue weighted by atomic mass is 9.98. The molecule has 0 radical (unpaired) electrons. The van der Waals surface area contributed by atoms with E-state index in [0.717, 1.165) is 79.3 Å². The van der Waals surface area contributed by atoms with Crippen molar-refractivity contribution in [2.45, 2.75) is 278 Å². The van der Waals surface area contributed by atoms with Gasteiger partial charge in [-0.2, -0.15) is 0 Å². The molecule has 6 atom stereocenters. The van der Waals surface area contributed by atoms with Crippen LogP contribution in [0.15, 0.2) is 89.6 Å². The number of thioether (sulfide) groups is 2. The number of amides is 4. The lowest BCUT2D eigenvalue weighted by molar-refractivity contribution is -0.157. The number of benzene rings is 2. The van der Waals surface area contributed by atoms with Crippen molar-refractivity contribution in [1.29, 1.82) is 0 Å². The van der Waals surface area contributed by atoms with E-state index in [0.29, 0.717) is 43.8 Å². The molecule has 592 valence electrons. The lowest BCUT2D eigenvalue weighted by Gasteiger charge is -2.24. The van der Waals surface area contributed by atoms with E-state index in [-0.39, 0.29) is 66.3 Å². The second kappa shape index (κ2) is 49.1. The molecule has 4 N–H and O–H groups in total. The van der Waals surface area contributed by atoms with Gasteiger partial charge in [0.15, 0.2) is 16.3 Å². The first-order valence-electron chi connectivity index (χ1n) is 38.0. The van der Waals surface area contributed by atoms with Crippen LogP contribution < -0.4 is 21.3 Å². The Balaban J connectivity index is 0.000000553. The summed E-state index contributed by atoms with van der Waals surface area (Å²) >= 11 is 2.58. The van der Waals surface area contributed by atoms with Gasteiger partial charge in [0.25, 0.3) is 11.8 Å². The van der Waals surface area contributed by atoms with Crippen molar-refractivity contribution in [3.05, 3.63) is 95.7 Å². The summed E-state index contributed by atoms with van der Waals surface area (Å²) in [5, 5.41) is 10.8. The largest absolute Gasteiger partial charge is 0.474 e. The molecule has 0 aromatic heterocycles. The minimum atomic E-state index is -1.45. The van der Waals surface area contributed by atoms with E-state index in [1.54, 1.807) is 66.7 Å². The van der Waals surface area contributed by atoms with Gasteiger partial charge in [0.2, 0.25) is 5.90 Å². The van der Waals surface area contributed by atoms with Gasteiger partial charge in [-0.25, -0.2) is 24.2 Å². The predicted molar refractivity (Wildman–Crippen MR) is 428 cm³/mol. The molecule has 4 amide bonds. The maximum atomic E-state index is 13.6. The molecule has 0 bridgehead atoms. The van der Waals surface area contributed by atoms with Crippen molar-refractivity contribution in [1.82, 2.24) is 21.3 Å². The van der Waals surface area contributed by atoms with E-state index in [1.165, 1.54) is 48.9 Å². The van der Waals surface area contributed by atoms with Crippen molar-refractivity contribution in [2.24, 2.45) is 16.8 Å². The molecule has 1 unspecified atom stereocenters. The molecule has 0 saturated carbocycles. The third-order valence-corrected chi connectivity index (χ3v) is 22.2. The number of ether oxygens (including phenoxy) is 7. The van der Waals surface area contributed by atoms with Gasteiger partial charge in [-0.3, -0.25) is 28.8 Å². The molecule has 1 aliphatic carbocycles. The second-order valence-electron chi connectivity index (χ2n) is 30.8. The van der Waals surface area contributed by atoms with Gasteiger partial charge in [0, 0.05) is 46.4 Å². The molecule has 0 spiro atoms. The second-order valence-corrected chi connectivity index (χ2v) is 44.4. The molecule has 0 fully saturated rings. The Hall–Kier alpha value is -7.04. The molecular formula is C80H125N5O17S2Si2. The lowest BCUT2D eigenvalue weighted by Crippen LogP contribution is -2.49. The number of allylic oxidation sites excluding steroid dienone is 3. The molecule has 1 heterocycles. The van der Waals surface area contributed by atoms with Gasteiger partial charge in [0.1, 0.15) is 48.3 Å². The van der Waals surface area contributed by atoms with Crippen LogP contribution in [0.3, 0.4) is 0 Å². The number of hydrogen-bond donors (Lipinski definition) is 4. The van der Waals surface area contributed by atoms with Crippen LogP contribution in [-0.2, 0) is 71.5 Å². The van der Waals surface area contributed by atoms with Crippen molar-refractivity contribution in [3.8, 4) is 11.1 Å². The monoisotopic (exact) mass is 1550 g/mol. The fourth-order valence-corrected chi connectivity index (χ4v) is 13.8. The summed E-state index contributed by atoms with van der Waals surface area (Å²) in [5.41, 5.74) is 3.63. The zero-order valence-corrected chi connectivity index (χ0v) is 70.0. The highest BCUT2D eigenvalue weighted by Gasteiger charge is 2.37. The van der Waals surface area contributed by atoms with Crippen molar-refractivity contribution in [2.75, 3.05) is 37.9 Å². The maximum Gasteiger partial charge on any atom is 0.408 e. The number of carbonyl (C=O) groups excluding carboxylic acids is 10. The van der Waals surface area contributed by atoms with Crippen LogP contribution in [0, 0.1) is 11.8 Å². The van der Waals surface area contributed by atoms with Crippen LogP contribution in [0.2, 0.25) is 51.4 Å². The Morgan fingerprint density at radius 1 is 0.613 bits per heavy atom. The average molecular weight is 1550 g/mol. The molecule has 2 aromatic rings. The normalized spacial score (nSPS) is 15.5. The number of nitrogens with one attached hydrogen (secondary N) is 4. The summed E-state index contributed by atoms with van der Waals surface area (Å²) in [6, 6.07) is 14.7. The number of alkyl carbamates (subject to hydrolysis) is 2. The van der Waals surface area contributed by atoms with Crippen LogP contribution in [0.1, 0.15) is 196 Å². The predicted octanol–water partition coefficient (Wildman–Crippen LogP) is 15.9. The highest BCUT2D eigenvalue weighted by atomic mass is 32.2. The Bertz CT molecular complexity index is 3220. The van der Waals surface area contributed by atoms with Crippen LogP contribution in [0.4, 0.5) is 9.59 Å². The van der Waals surface area contributed by atoms with Crippen molar-refractivity contribution in [3.63, 3.8) is 0 Å². The summed E-state index contributed by atoms with van der Waals surface area (Å²) in [7, 11) is -2.84. The zero-order valence-electron chi connectivity index (χ0n) is 66.4. The molecule has 4 rings (SSSR count). The van der Waals surface area contributed by atoms with E-state index < -0.39 is 112 Å². The molecule has 1 aliphatic heterocycles. The molecule has 2 aromatic carbocycles. The fourth-order valence-electron chi connectivity index (χ4n) is 10.8. The standard InChI is InChI=1S/C40H68N4O10SSi.C40H57NO7SSi/c1-12-14-15-16-17-21-33(46)55-23-19-18-20-29(25-32(45)51-22-24-56(9,10)11)53-38(49)34(27(3)4)44-36(47)30(13-2)42-37(48)35-28(5)52-31(43-35)26-41-39(50)54-40(6,7)8;1-7-8-9-10-11-23-37(43)49-25-17-16-18-30(27-36(42)46-24-26-50(4,5)6)48-39(44)38(29(2)3)41-40(45)47-28-35-33-21-14-12-19-31(33)32-20-13-15-22-34(32)35/h13,18,20,27-29,34-35H,12,14-17,19,21-26H2,1-11H3,(H,41,50)(H,42,48)(H,44,47);12-16,18-22,29-30,35,38H,7-11,17,23-28H2,1-6H3,(H,41,45)/b20-18+,30-13-;18-16+/t28-,29-,34+,35?;30-,38+/m11/s1. The number of esters is 4. The average Bonchev–Trinajstić information content (AvgIpc) is 1.62. The maximum absolute atomic E-state index is 13.6. The van der Waals surface area contributed by atoms with Gasteiger partial charge >= 0.3 is 36.1 Å². The Morgan fingerprint density at radius 2 is 1.07 bits per heavy atom. The Morgan fingerprint density at radius 3 is 1.50 bits per heavy atom. The van der Waals surface area contributed by atoms with Gasteiger partial charge in [-0.1, -0.05) is 222 Å². The van der Waals surface area contributed by atoms with Gasteiger partial charge in [-0.15, -0.1) is 0 Å². The summed E-state index contributed by atoms with van der Waals surface area (Å²) < 4.78 is 39.1. The minimum absolute atomic E-state index is 0.0948. The summed E-state index contributed by atoms with van der Waals surface area (Å²) in [4.78, 5) is 133. The molecular weight excluding hydrogens is 1420 g/mol. The molecule has 2 aliphatic rings. The van der Waals surface area contributed by atoms with E-state index in [2.05, 4.69) is 91.5 Å². The Kier molecular flexibility index (Phi) is 43.2. The van der Waals surface area contributed by atoms with Crippen LogP contribution in [-0.4, -0.2) is 160 Å². The number of nitrogens with zero attached hydrogens (tertiary/aromatic N) is 1.